The molecule has 7 heteroatoms. The number of hydrogen-bond donors (Lipinski definition) is 1. The molecular formula is C25H22FN3O3. The lowest BCUT2D eigenvalue weighted by molar-refractivity contribution is -0.120. The molecule has 1 aliphatic heterocycles. The molecule has 1 aliphatic rings. The average Bonchev–Trinajstić information content (AvgIpc) is 3.04. The summed E-state index contributed by atoms with van der Waals surface area (Å²) in [4.78, 5) is 29.9. The van der Waals surface area contributed by atoms with Crippen molar-refractivity contribution < 1.29 is 18.7 Å². The van der Waals surface area contributed by atoms with Crippen LogP contribution in [0.4, 0.5) is 21.5 Å². The molecule has 0 atom stereocenters. The summed E-state index contributed by atoms with van der Waals surface area (Å²) in [7, 11) is 5.38. The first-order valence-corrected chi connectivity index (χ1v) is 9.97. The maximum absolute atomic E-state index is 13.5. The van der Waals surface area contributed by atoms with Crippen LogP contribution < -0.4 is 19.9 Å². The maximum Gasteiger partial charge on any atom is 0.282 e. The zero-order valence-corrected chi connectivity index (χ0v) is 17.9. The van der Waals surface area contributed by atoms with E-state index in [9.17, 15) is 14.0 Å². The fraction of sp³-hybridized carbons (Fsp3) is 0.120. The molecule has 1 heterocycles. The standard InChI is InChI=1S/C25H22FN3O3/c1-28(2)18-14-10-17(11-15-18)27-23-22(20-6-4-5-7-21(20)32-3)24(30)29(25(23)31)19-12-8-16(26)9-13-19/h4-15,27H,1-3H3. The van der Waals surface area contributed by atoms with Crippen molar-refractivity contribution in [2.75, 3.05) is 36.3 Å². The molecule has 0 fully saturated rings. The van der Waals surface area contributed by atoms with Crippen LogP contribution in [-0.2, 0) is 9.59 Å². The highest BCUT2D eigenvalue weighted by molar-refractivity contribution is 6.46. The smallest absolute Gasteiger partial charge is 0.282 e. The first kappa shape index (κ1) is 21.1. The van der Waals surface area contributed by atoms with Crippen molar-refractivity contribution in [1.29, 1.82) is 0 Å². The van der Waals surface area contributed by atoms with Gasteiger partial charge >= 0.3 is 0 Å². The van der Waals surface area contributed by atoms with E-state index in [1.165, 1.54) is 31.4 Å². The van der Waals surface area contributed by atoms with E-state index in [0.717, 1.165) is 10.6 Å². The van der Waals surface area contributed by atoms with Gasteiger partial charge in [0.15, 0.2) is 0 Å². The second-order valence-corrected chi connectivity index (χ2v) is 7.44. The van der Waals surface area contributed by atoms with E-state index in [1.54, 1.807) is 24.3 Å². The van der Waals surface area contributed by atoms with Crippen LogP contribution in [0.15, 0.2) is 78.5 Å². The minimum absolute atomic E-state index is 0.126. The van der Waals surface area contributed by atoms with Crippen molar-refractivity contribution in [3.05, 3.63) is 89.9 Å². The number of ether oxygens (including phenoxy) is 1. The number of methoxy groups -OCH3 is 1. The number of carbonyl (C=O) groups excluding carboxylic acids is 2. The topological polar surface area (TPSA) is 61.9 Å². The third-order valence-electron chi connectivity index (χ3n) is 5.20. The second kappa shape index (κ2) is 8.55. The number of benzene rings is 3. The number of rotatable bonds is 6. The highest BCUT2D eigenvalue weighted by atomic mass is 19.1. The summed E-state index contributed by atoms with van der Waals surface area (Å²) < 4.78 is 18.9. The quantitative estimate of drug-likeness (QED) is 0.590. The minimum Gasteiger partial charge on any atom is -0.496 e. The summed E-state index contributed by atoms with van der Waals surface area (Å²) in [6.07, 6.45) is 0. The molecule has 0 saturated heterocycles. The van der Waals surface area contributed by atoms with Crippen LogP contribution in [0.25, 0.3) is 5.57 Å². The Kier molecular flexibility index (Phi) is 5.64. The molecule has 4 rings (SSSR count). The van der Waals surface area contributed by atoms with Crippen molar-refractivity contribution in [3.63, 3.8) is 0 Å². The van der Waals surface area contributed by atoms with Crippen molar-refractivity contribution >= 4 is 34.4 Å². The van der Waals surface area contributed by atoms with Crippen LogP contribution in [0.3, 0.4) is 0 Å². The van der Waals surface area contributed by atoms with E-state index < -0.39 is 17.6 Å². The molecule has 0 aromatic heterocycles. The number of para-hydroxylation sites is 1. The Hall–Kier alpha value is -4.13. The molecule has 162 valence electrons. The fourth-order valence-electron chi connectivity index (χ4n) is 3.56. The number of nitrogens with zero attached hydrogens (tertiary/aromatic N) is 2. The Labute approximate surface area is 185 Å². The van der Waals surface area contributed by atoms with Crippen molar-refractivity contribution in [2.24, 2.45) is 0 Å². The zero-order valence-electron chi connectivity index (χ0n) is 17.9. The van der Waals surface area contributed by atoms with E-state index in [2.05, 4.69) is 5.32 Å². The Morgan fingerprint density at radius 1 is 0.875 bits per heavy atom. The Balaban J connectivity index is 1.81. The van der Waals surface area contributed by atoms with Gasteiger partial charge in [0.25, 0.3) is 11.8 Å². The van der Waals surface area contributed by atoms with Crippen LogP contribution >= 0.6 is 0 Å². The van der Waals surface area contributed by atoms with E-state index >= 15 is 0 Å². The normalized spacial score (nSPS) is 13.6. The number of carbonyl (C=O) groups is 2. The van der Waals surface area contributed by atoms with E-state index in [0.29, 0.717) is 17.0 Å². The molecule has 32 heavy (non-hydrogen) atoms. The molecule has 0 aliphatic carbocycles. The SMILES string of the molecule is COc1ccccc1C1=C(Nc2ccc(N(C)C)cc2)C(=O)N(c2ccc(F)cc2)C1=O. The van der Waals surface area contributed by atoms with Crippen molar-refractivity contribution in [3.8, 4) is 5.75 Å². The lowest BCUT2D eigenvalue weighted by Gasteiger charge is -2.16. The van der Waals surface area contributed by atoms with Gasteiger partial charge in [-0.15, -0.1) is 0 Å². The second-order valence-electron chi connectivity index (χ2n) is 7.44. The van der Waals surface area contributed by atoms with Crippen LogP contribution in [-0.4, -0.2) is 33.0 Å². The molecule has 3 aromatic rings. The predicted molar refractivity (Wildman–Crippen MR) is 123 cm³/mol. The summed E-state index contributed by atoms with van der Waals surface area (Å²) in [5.74, 6) is -1.03. The third-order valence-corrected chi connectivity index (χ3v) is 5.20. The third kappa shape index (κ3) is 3.80. The van der Waals surface area contributed by atoms with Crippen LogP contribution in [0.2, 0.25) is 0 Å². The molecule has 6 nitrogen and oxygen atoms in total. The largest absolute Gasteiger partial charge is 0.496 e. The number of nitrogens with one attached hydrogen (secondary N) is 1. The maximum atomic E-state index is 13.5. The monoisotopic (exact) mass is 431 g/mol. The summed E-state index contributed by atoms with van der Waals surface area (Å²) in [5, 5.41) is 3.12. The average molecular weight is 431 g/mol. The van der Waals surface area contributed by atoms with Gasteiger partial charge in [0.05, 0.1) is 18.4 Å². The van der Waals surface area contributed by atoms with E-state index in [-0.39, 0.29) is 17.0 Å². The fourth-order valence-corrected chi connectivity index (χ4v) is 3.56. The molecule has 0 saturated carbocycles. The lowest BCUT2D eigenvalue weighted by atomic mass is 10.0. The summed E-state index contributed by atoms with van der Waals surface area (Å²) in [6, 6.07) is 19.7. The Morgan fingerprint density at radius 2 is 1.53 bits per heavy atom. The molecule has 2 amide bonds. The van der Waals surface area contributed by atoms with Gasteiger partial charge < -0.3 is 15.0 Å². The van der Waals surface area contributed by atoms with Gasteiger partial charge in [-0.1, -0.05) is 18.2 Å². The lowest BCUT2D eigenvalue weighted by Crippen LogP contribution is -2.32. The van der Waals surface area contributed by atoms with Crippen molar-refractivity contribution in [2.45, 2.75) is 0 Å². The molecule has 0 radical (unpaired) electrons. The molecule has 3 aromatic carbocycles. The molecule has 0 spiro atoms. The predicted octanol–water partition coefficient (Wildman–Crippen LogP) is 4.30. The van der Waals surface area contributed by atoms with Gasteiger partial charge in [0.2, 0.25) is 0 Å². The van der Waals surface area contributed by atoms with Crippen molar-refractivity contribution in [1.82, 2.24) is 0 Å². The number of hydrogen-bond acceptors (Lipinski definition) is 5. The Bertz CT molecular complexity index is 1200. The number of halogens is 1. The molecule has 0 unspecified atom stereocenters. The molecule has 1 N–H and O–H groups in total. The van der Waals surface area contributed by atoms with Crippen LogP contribution in [0.1, 0.15) is 5.56 Å². The Morgan fingerprint density at radius 3 is 2.16 bits per heavy atom. The molecule has 0 bridgehead atoms. The highest BCUT2D eigenvalue weighted by Gasteiger charge is 2.41. The van der Waals surface area contributed by atoms with Gasteiger partial charge in [-0.2, -0.15) is 0 Å². The minimum atomic E-state index is -0.529. The van der Waals surface area contributed by atoms with Crippen LogP contribution in [0.5, 0.6) is 5.75 Å². The van der Waals surface area contributed by atoms with Gasteiger partial charge in [-0.05, 0) is 54.6 Å². The first-order chi connectivity index (χ1) is 15.4. The summed E-state index contributed by atoms with van der Waals surface area (Å²) in [5.41, 5.74) is 2.74. The summed E-state index contributed by atoms with van der Waals surface area (Å²) in [6.45, 7) is 0. The van der Waals surface area contributed by atoms with E-state index in [4.69, 9.17) is 4.74 Å². The highest BCUT2D eigenvalue weighted by Crippen LogP contribution is 2.37. The van der Waals surface area contributed by atoms with Crippen LogP contribution in [0, 0.1) is 5.82 Å². The van der Waals surface area contributed by atoms with Gasteiger partial charge in [0, 0.05) is 31.0 Å². The first-order valence-electron chi connectivity index (χ1n) is 9.97. The van der Waals surface area contributed by atoms with Gasteiger partial charge in [-0.25, -0.2) is 9.29 Å². The zero-order chi connectivity index (χ0) is 22.8. The van der Waals surface area contributed by atoms with Gasteiger partial charge in [0.1, 0.15) is 17.3 Å². The number of anilines is 3. The summed E-state index contributed by atoms with van der Waals surface area (Å²) >= 11 is 0. The van der Waals surface area contributed by atoms with E-state index in [1.807, 2.05) is 43.3 Å². The number of amides is 2. The van der Waals surface area contributed by atoms with Gasteiger partial charge in [-0.3, -0.25) is 9.59 Å². The number of imide groups is 1. The molecular weight excluding hydrogens is 409 g/mol.